The number of ether oxygens (including phenoxy) is 1. The number of nitrogens with zero attached hydrogens (tertiary/aromatic N) is 2. The van der Waals surface area contributed by atoms with Gasteiger partial charge in [0.05, 0.1) is 25.6 Å². The molecule has 0 aliphatic heterocycles. The van der Waals surface area contributed by atoms with Gasteiger partial charge in [0, 0.05) is 5.39 Å². The van der Waals surface area contributed by atoms with Crippen molar-refractivity contribution in [3.05, 3.63) is 30.0 Å². The summed E-state index contributed by atoms with van der Waals surface area (Å²) < 4.78 is 42.5. The first-order valence-electron chi connectivity index (χ1n) is 5.53. The molecule has 0 bridgehead atoms. The maximum Gasteiger partial charge on any atom is 0.390 e. The number of para-hydroxylation sites is 1. The third-order valence-electron chi connectivity index (χ3n) is 2.64. The molecule has 1 aromatic heterocycles. The van der Waals surface area contributed by atoms with Crippen LogP contribution in [0.2, 0.25) is 0 Å². The summed E-state index contributed by atoms with van der Waals surface area (Å²) in [5.74, 6) is -0.665. The van der Waals surface area contributed by atoms with E-state index in [0.29, 0.717) is 10.9 Å². The number of benzene rings is 1. The molecule has 19 heavy (non-hydrogen) atoms. The summed E-state index contributed by atoms with van der Waals surface area (Å²) in [6.45, 7) is -0.332. The van der Waals surface area contributed by atoms with Gasteiger partial charge in [-0.05, 0) is 6.07 Å². The predicted molar refractivity (Wildman–Crippen MR) is 61.7 cm³/mol. The summed E-state index contributed by atoms with van der Waals surface area (Å²) in [5.41, 5.74) is 0.507. The Bertz CT molecular complexity index is 605. The molecule has 0 radical (unpaired) electrons. The van der Waals surface area contributed by atoms with Crippen LogP contribution < -0.4 is 0 Å². The number of fused-ring (bicyclic) bond motifs is 1. The van der Waals surface area contributed by atoms with E-state index in [1.807, 2.05) is 0 Å². The Morgan fingerprint density at radius 2 is 2.05 bits per heavy atom. The zero-order valence-corrected chi connectivity index (χ0v) is 10.1. The van der Waals surface area contributed by atoms with Crippen molar-refractivity contribution >= 4 is 16.9 Å². The zero-order chi connectivity index (χ0) is 14.0. The number of alkyl halides is 3. The smallest absolute Gasteiger partial charge is 0.390 e. The highest BCUT2D eigenvalue weighted by Crippen LogP contribution is 2.23. The lowest BCUT2D eigenvalue weighted by atomic mass is 10.2. The van der Waals surface area contributed by atoms with Gasteiger partial charge >= 0.3 is 12.1 Å². The molecule has 0 aliphatic rings. The van der Waals surface area contributed by atoms with E-state index in [4.69, 9.17) is 0 Å². The first-order valence-corrected chi connectivity index (χ1v) is 5.53. The van der Waals surface area contributed by atoms with Crippen molar-refractivity contribution in [1.29, 1.82) is 0 Å². The standard InChI is InChI=1S/C12H11F3N2O2/c1-19-11(18)10-8-4-2-3-5-9(8)17(16-10)7-6-12(13,14)15/h2-5H,6-7H2,1H3. The Kier molecular flexibility index (Phi) is 3.46. The lowest BCUT2D eigenvalue weighted by Crippen LogP contribution is -2.13. The summed E-state index contributed by atoms with van der Waals surface area (Å²) >= 11 is 0. The predicted octanol–water partition coefficient (Wildman–Crippen LogP) is 2.78. The molecule has 0 amide bonds. The second-order valence-corrected chi connectivity index (χ2v) is 3.95. The average molecular weight is 272 g/mol. The normalized spacial score (nSPS) is 11.8. The number of carbonyl (C=O) groups is 1. The minimum Gasteiger partial charge on any atom is -0.464 e. The minimum atomic E-state index is -4.27. The van der Waals surface area contributed by atoms with E-state index in [0.717, 1.165) is 0 Å². The van der Waals surface area contributed by atoms with Crippen molar-refractivity contribution in [3.8, 4) is 0 Å². The summed E-state index contributed by atoms with van der Waals surface area (Å²) in [6.07, 6.45) is -5.27. The molecule has 0 spiro atoms. The van der Waals surface area contributed by atoms with Gasteiger partial charge in [-0.1, -0.05) is 18.2 Å². The topological polar surface area (TPSA) is 44.1 Å². The number of carbonyl (C=O) groups excluding carboxylic acids is 1. The van der Waals surface area contributed by atoms with Crippen molar-refractivity contribution in [2.24, 2.45) is 0 Å². The van der Waals surface area contributed by atoms with Crippen molar-refractivity contribution in [1.82, 2.24) is 9.78 Å². The monoisotopic (exact) mass is 272 g/mol. The van der Waals surface area contributed by atoms with E-state index in [1.165, 1.54) is 11.8 Å². The van der Waals surface area contributed by atoms with Crippen LogP contribution in [0.1, 0.15) is 16.9 Å². The van der Waals surface area contributed by atoms with E-state index in [2.05, 4.69) is 9.84 Å². The Hall–Kier alpha value is -2.05. The van der Waals surface area contributed by atoms with Crippen LogP contribution in [0.3, 0.4) is 0 Å². The SMILES string of the molecule is COC(=O)c1nn(CCC(F)(F)F)c2ccccc12. The Labute approximate surface area is 106 Å². The number of aryl methyl sites for hydroxylation is 1. The number of aromatic nitrogens is 2. The van der Waals surface area contributed by atoms with Crippen LogP contribution >= 0.6 is 0 Å². The fraction of sp³-hybridized carbons (Fsp3) is 0.333. The van der Waals surface area contributed by atoms with Gasteiger partial charge in [0.15, 0.2) is 5.69 Å². The largest absolute Gasteiger partial charge is 0.464 e. The van der Waals surface area contributed by atoms with Gasteiger partial charge in [-0.15, -0.1) is 0 Å². The molecule has 0 fully saturated rings. The molecule has 0 saturated heterocycles. The van der Waals surface area contributed by atoms with Crippen LogP contribution in [-0.2, 0) is 11.3 Å². The quantitative estimate of drug-likeness (QED) is 0.807. The first-order chi connectivity index (χ1) is 8.92. The highest BCUT2D eigenvalue weighted by molar-refractivity contribution is 6.02. The maximum atomic E-state index is 12.2. The van der Waals surface area contributed by atoms with Crippen LogP contribution in [-0.4, -0.2) is 29.0 Å². The summed E-state index contributed by atoms with van der Waals surface area (Å²) in [5, 5.41) is 4.39. The van der Waals surface area contributed by atoms with Gasteiger partial charge in [-0.2, -0.15) is 18.3 Å². The second-order valence-electron chi connectivity index (χ2n) is 3.95. The number of hydrogen-bond acceptors (Lipinski definition) is 3. The second kappa shape index (κ2) is 4.91. The number of rotatable bonds is 3. The van der Waals surface area contributed by atoms with Crippen LogP contribution in [0.4, 0.5) is 13.2 Å². The van der Waals surface area contributed by atoms with Gasteiger partial charge in [0.2, 0.25) is 0 Å². The number of hydrogen-bond donors (Lipinski definition) is 0. The first kappa shape index (κ1) is 13.4. The summed E-state index contributed by atoms with van der Waals surface area (Å²) in [6, 6.07) is 6.60. The molecule has 0 N–H and O–H groups in total. The molecule has 2 rings (SSSR count). The van der Waals surface area contributed by atoms with Gasteiger partial charge < -0.3 is 4.74 Å². The Morgan fingerprint density at radius 1 is 1.37 bits per heavy atom. The van der Waals surface area contributed by atoms with Gasteiger partial charge in [-0.25, -0.2) is 4.79 Å². The molecule has 0 unspecified atom stereocenters. The third-order valence-corrected chi connectivity index (χ3v) is 2.64. The molecule has 0 atom stereocenters. The fourth-order valence-electron chi connectivity index (χ4n) is 1.78. The summed E-state index contributed by atoms with van der Waals surface area (Å²) in [4.78, 5) is 11.5. The van der Waals surface area contributed by atoms with Crippen LogP contribution in [0.25, 0.3) is 10.9 Å². The molecule has 1 aromatic carbocycles. The molecule has 2 aromatic rings. The van der Waals surface area contributed by atoms with E-state index < -0.39 is 18.6 Å². The molecule has 0 saturated carbocycles. The molecular formula is C12H11F3N2O2. The highest BCUT2D eigenvalue weighted by Gasteiger charge is 2.28. The lowest BCUT2D eigenvalue weighted by molar-refractivity contribution is -0.137. The number of methoxy groups -OCH3 is 1. The van der Waals surface area contributed by atoms with Crippen LogP contribution in [0, 0.1) is 0 Å². The van der Waals surface area contributed by atoms with Crippen molar-refractivity contribution < 1.29 is 22.7 Å². The van der Waals surface area contributed by atoms with Crippen molar-refractivity contribution in [2.75, 3.05) is 7.11 Å². The number of halogens is 3. The molecular weight excluding hydrogens is 261 g/mol. The molecule has 102 valence electrons. The molecule has 1 heterocycles. The number of esters is 1. The molecule has 0 aliphatic carbocycles. The third kappa shape index (κ3) is 2.86. The van der Waals surface area contributed by atoms with Gasteiger partial charge in [0.25, 0.3) is 0 Å². The average Bonchev–Trinajstić information content (AvgIpc) is 2.74. The van der Waals surface area contributed by atoms with Crippen LogP contribution in [0.15, 0.2) is 24.3 Å². The Balaban J connectivity index is 2.42. The molecule has 4 nitrogen and oxygen atoms in total. The summed E-state index contributed by atoms with van der Waals surface area (Å²) in [7, 11) is 1.20. The minimum absolute atomic E-state index is 0.0280. The van der Waals surface area contributed by atoms with E-state index in [-0.39, 0.29) is 12.2 Å². The van der Waals surface area contributed by atoms with Gasteiger partial charge in [0.1, 0.15) is 0 Å². The van der Waals surface area contributed by atoms with Gasteiger partial charge in [-0.3, -0.25) is 4.68 Å². The maximum absolute atomic E-state index is 12.2. The fourth-order valence-corrected chi connectivity index (χ4v) is 1.78. The lowest BCUT2D eigenvalue weighted by Gasteiger charge is -2.06. The van der Waals surface area contributed by atoms with Crippen molar-refractivity contribution in [2.45, 2.75) is 19.1 Å². The highest BCUT2D eigenvalue weighted by atomic mass is 19.4. The van der Waals surface area contributed by atoms with E-state index >= 15 is 0 Å². The Morgan fingerprint density at radius 3 is 2.68 bits per heavy atom. The van der Waals surface area contributed by atoms with E-state index in [9.17, 15) is 18.0 Å². The molecule has 7 heteroatoms. The van der Waals surface area contributed by atoms with Crippen molar-refractivity contribution in [3.63, 3.8) is 0 Å². The van der Waals surface area contributed by atoms with E-state index in [1.54, 1.807) is 24.3 Å². The zero-order valence-electron chi connectivity index (χ0n) is 10.1. The van der Waals surface area contributed by atoms with Crippen LogP contribution in [0.5, 0.6) is 0 Å².